The average molecular weight is 433 g/mol. The van der Waals surface area contributed by atoms with Crippen molar-refractivity contribution in [2.24, 2.45) is 0 Å². The van der Waals surface area contributed by atoms with Crippen LogP contribution in [0.5, 0.6) is 17.2 Å². The quantitative estimate of drug-likeness (QED) is 0.494. The van der Waals surface area contributed by atoms with Crippen LogP contribution in [-0.4, -0.2) is 33.9 Å². The lowest BCUT2D eigenvalue weighted by Crippen LogP contribution is -2.05. The second-order valence-electron chi connectivity index (χ2n) is 8.21. The van der Waals surface area contributed by atoms with Crippen molar-refractivity contribution in [3.63, 3.8) is 0 Å². The molecule has 1 unspecified atom stereocenters. The van der Waals surface area contributed by atoms with Gasteiger partial charge in [-0.3, -0.25) is 0 Å². The predicted molar refractivity (Wildman–Crippen MR) is 124 cm³/mol. The summed E-state index contributed by atoms with van der Waals surface area (Å²) in [5.74, 6) is 1.52. The zero-order valence-corrected chi connectivity index (χ0v) is 18.6. The highest BCUT2D eigenvalue weighted by molar-refractivity contribution is 5.74. The zero-order valence-electron chi connectivity index (χ0n) is 18.6. The number of aromatic hydroxyl groups is 2. The van der Waals surface area contributed by atoms with Crippen LogP contribution in [0.25, 0.3) is 22.5 Å². The molecule has 1 aliphatic heterocycles. The molecule has 1 saturated heterocycles. The van der Waals surface area contributed by atoms with Gasteiger partial charge in [0.25, 0.3) is 0 Å². The predicted octanol–water partition coefficient (Wildman–Crippen LogP) is 5.59. The van der Waals surface area contributed by atoms with Gasteiger partial charge in [-0.2, -0.15) is 0 Å². The largest absolute Gasteiger partial charge is 0.508 e. The molecule has 3 aromatic rings. The summed E-state index contributed by atoms with van der Waals surface area (Å²) in [6.45, 7) is 4.79. The van der Waals surface area contributed by atoms with E-state index >= 15 is 0 Å². The van der Waals surface area contributed by atoms with Gasteiger partial charge in [-0.15, -0.1) is 0 Å². The van der Waals surface area contributed by atoms with Crippen molar-refractivity contribution < 1.29 is 19.7 Å². The maximum absolute atomic E-state index is 10.8. The number of methoxy groups -OCH3 is 1. The molecule has 0 amide bonds. The summed E-state index contributed by atoms with van der Waals surface area (Å²) in [5, 5.41) is 20.5. The van der Waals surface area contributed by atoms with Gasteiger partial charge < -0.3 is 19.7 Å². The number of ether oxygens (including phenoxy) is 2. The molecule has 1 atom stereocenters. The van der Waals surface area contributed by atoms with E-state index in [2.05, 4.69) is 19.9 Å². The van der Waals surface area contributed by atoms with Crippen LogP contribution in [0.4, 0.5) is 0 Å². The van der Waals surface area contributed by atoms with Gasteiger partial charge in [-0.25, -0.2) is 9.97 Å². The van der Waals surface area contributed by atoms with E-state index in [1.165, 1.54) is 5.57 Å². The number of allylic oxidation sites excluding steroid dienone is 2. The van der Waals surface area contributed by atoms with Crippen LogP contribution in [-0.2, 0) is 11.2 Å². The lowest BCUT2D eigenvalue weighted by Gasteiger charge is -2.15. The highest BCUT2D eigenvalue weighted by Gasteiger charge is 2.23. The SMILES string of the molecule is COc1cc(O)c(-c2cc(-c3ccc(O)cc3)nc(C3CCCO3)n2)cc1CC=C(C)C. The number of nitrogens with zero attached hydrogens (tertiary/aromatic N) is 2. The summed E-state index contributed by atoms with van der Waals surface area (Å²) in [7, 11) is 1.60. The monoisotopic (exact) mass is 432 g/mol. The Morgan fingerprint density at radius 1 is 1.09 bits per heavy atom. The molecule has 2 N–H and O–H groups in total. The summed E-state index contributed by atoms with van der Waals surface area (Å²) >= 11 is 0. The Bertz CT molecular complexity index is 1130. The fourth-order valence-electron chi connectivity index (χ4n) is 3.79. The molecule has 1 aromatic heterocycles. The molecule has 2 heterocycles. The first-order valence-electron chi connectivity index (χ1n) is 10.8. The Morgan fingerprint density at radius 3 is 2.50 bits per heavy atom. The van der Waals surface area contributed by atoms with Gasteiger partial charge in [0.05, 0.1) is 18.5 Å². The summed E-state index contributed by atoms with van der Waals surface area (Å²) in [6.07, 6.45) is 4.47. The molecule has 4 rings (SSSR count). The highest BCUT2D eigenvalue weighted by atomic mass is 16.5. The molecule has 166 valence electrons. The van der Waals surface area contributed by atoms with E-state index in [-0.39, 0.29) is 17.6 Å². The van der Waals surface area contributed by atoms with Crippen LogP contribution in [0.2, 0.25) is 0 Å². The van der Waals surface area contributed by atoms with E-state index in [9.17, 15) is 10.2 Å². The number of benzene rings is 2. The first-order chi connectivity index (χ1) is 15.4. The number of hydrogen-bond donors (Lipinski definition) is 2. The van der Waals surface area contributed by atoms with E-state index in [1.54, 1.807) is 25.3 Å². The molecule has 0 saturated carbocycles. The van der Waals surface area contributed by atoms with Crippen molar-refractivity contribution in [3.8, 4) is 39.8 Å². The fraction of sp³-hybridized carbons (Fsp3) is 0.308. The third-order valence-electron chi connectivity index (χ3n) is 5.53. The first-order valence-corrected chi connectivity index (χ1v) is 10.8. The smallest absolute Gasteiger partial charge is 0.158 e. The normalized spacial score (nSPS) is 15.5. The van der Waals surface area contributed by atoms with Crippen LogP contribution in [0.15, 0.2) is 54.1 Å². The third kappa shape index (κ3) is 4.75. The molecule has 0 aliphatic carbocycles. The van der Waals surface area contributed by atoms with Crippen molar-refractivity contribution >= 4 is 0 Å². The van der Waals surface area contributed by atoms with Crippen molar-refractivity contribution in [2.45, 2.75) is 39.2 Å². The molecule has 0 spiro atoms. The molecule has 6 nitrogen and oxygen atoms in total. The standard InChI is InChI=1S/C26H28N2O4/c1-16(2)6-7-18-13-20(23(30)15-25(18)31-3)22-14-21(17-8-10-19(29)11-9-17)27-26(28-22)24-5-4-12-32-24/h6,8-11,13-15,24,29-30H,4-5,7,12H2,1-3H3. The maximum Gasteiger partial charge on any atom is 0.158 e. The molecule has 2 aromatic carbocycles. The Morgan fingerprint density at radius 2 is 1.84 bits per heavy atom. The van der Waals surface area contributed by atoms with Crippen molar-refractivity contribution in [3.05, 3.63) is 65.5 Å². The second-order valence-corrected chi connectivity index (χ2v) is 8.21. The van der Waals surface area contributed by atoms with Gasteiger partial charge in [0.15, 0.2) is 5.82 Å². The summed E-state index contributed by atoms with van der Waals surface area (Å²) in [5.41, 5.74) is 4.96. The lowest BCUT2D eigenvalue weighted by molar-refractivity contribution is 0.105. The Hall–Kier alpha value is -3.38. The molecular weight excluding hydrogens is 404 g/mol. The molecule has 32 heavy (non-hydrogen) atoms. The Kier molecular flexibility index (Phi) is 6.42. The van der Waals surface area contributed by atoms with E-state index in [4.69, 9.17) is 19.4 Å². The van der Waals surface area contributed by atoms with E-state index in [0.29, 0.717) is 41.6 Å². The summed E-state index contributed by atoms with van der Waals surface area (Å²) < 4.78 is 11.3. The number of aromatic nitrogens is 2. The summed E-state index contributed by atoms with van der Waals surface area (Å²) in [4.78, 5) is 9.53. The molecule has 0 bridgehead atoms. The van der Waals surface area contributed by atoms with Crippen molar-refractivity contribution in [1.29, 1.82) is 0 Å². The van der Waals surface area contributed by atoms with Gasteiger partial charge in [0, 0.05) is 23.8 Å². The van der Waals surface area contributed by atoms with Crippen LogP contribution in [0.1, 0.15) is 44.2 Å². The van der Waals surface area contributed by atoms with Crippen LogP contribution in [0, 0.1) is 0 Å². The second kappa shape index (κ2) is 9.40. The minimum atomic E-state index is -0.170. The minimum absolute atomic E-state index is 0.0939. The zero-order chi connectivity index (χ0) is 22.7. The van der Waals surface area contributed by atoms with Gasteiger partial charge >= 0.3 is 0 Å². The van der Waals surface area contributed by atoms with Gasteiger partial charge in [-0.05, 0) is 75.1 Å². The van der Waals surface area contributed by atoms with Crippen molar-refractivity contribution in [2.75, 3.05) is 13.7 Å². The Labute approximate surface area is 188 Å². The van der Waals surface area contributed by atoms with E-state index < -0.39 is 0 Å². The van der Waals surface area contributed by atoms with Gasteiger partial charge in [-0.1, -0.05) is 11.6 Å². The average Bonchev–Trinajstić information content (AvgIpc) is 3.33. The van der Waals surface area contributed by atoms with E-state index in [1.807, 2.05) is 24.3 Å². The lowest BCUT2D eigenvalue weighted by atomic mass is 10.0. The molecule has 6 heteroatoms. The number of phenols is 2. The molecule has 1 fully saturated rings. The van der Waals surface area contributed by atoms with Crippen LogP contribution in [0.3, 0.4) is 0 Å². The molecule has 0 radical (unpaired) electrons. The third-order valence-corrected chi connectivity index (χ3v) is 5.53. The van der Waals surface area contributed by atoms with Crippen LogP contribution < -0.4 is 4.74 Å². The number of hydrogen-bond acceptors (Lipinski definition) is 6. The fourth-order valence-corrected chi connectivity index (χ4v) is 3.79. The van der Waals surface area contributed by atoms with Crippen LogP contribution >= 0.6 is 0 Å². The number of phenolic OH excluding ortho intramolecular Hbond substituents is 2. The minimum Gasteiger partial charge on any atom is -0.508 e. The maximum atomic E-state index is 10.8. The molecule has 1 aliphatic rings. The van der Waals surface area contributed by atoms with Gasteiger partial charge in [0.2, 0.25) is 0 Å². The highest BCUT2D eigenvalue weighted by Crippen LogP contribution is 2.38. The topological polar surface area (TPSA) is 84.7 Å². The molecular formula is C26H28N2O4. The Balaban J connectivity index is 1.85. The number of rotatable bonds is 6. The summed E-state index contributed by atoms with van der Waals surface area (Å²) in [6, 6.07) is 12.3. The first kappa shape index (κ1) is 21.8. The van der Waals surface area contributed by atoms with Crippen molar-refractivity contribution in [1.82, 2.24) is 9.97 Å². The van der Waals surface area contributed by atoms with E-state index in [0.717, 1.165) is 24.0 Å². The van der Waals surface area contributed by atoms with Gasteiger partial charge in [0.1, 0.15) is 23.4 Å².